The van der Waals surface area contributed by atoms with E-state index in [-0.39, 0.29) is 12.2 Å². The van der Waals surface area contributed by atoms with Crippen LogP contribution in [0, 0.1) is 20.8 Å². The smallest absolute Gasteiger partial charge is 0.329 e. The average molecular weight is 366 g/mol. The van der Waals surface area contributed by atoms with E-state index >= 15 is 0 Å². The molecule has 2 heterocycles. The number of hydrogen-bond acceptors (Lipinski definition) is 3. The minimum absolute atomic E-state index is 0.164. The van der Waals surface area contributed by atoms with E-state index in [4.69, 9.17) is 0 Å². The van der Waals surface area contributed by atoms with Gasteiger partial charge in [0.2, 0.25) is 5.91 Å². The molecule has 7 nitrogen and oxygen atoms in total. The molecule has 2 N–H and O–H groups in total. The highest BCUT2D eigenvalue weighted by Gasteiger charge is 2.35. The maximum atomic E-state index is 12.6. The Morgan fingerprint density at radius 1 is 1.19 bits per heavy atom. The van der Waals surface area contributed by atoms with Gasteiger partial charge in [-0.2, -0.15) is 0 Å². The Morgan fingerprint density at radius 2 is 1.93 bits per heavy atom. The molecule has 0 atom stereocenters. The Morgan fingerprint density at radius 3 is 2.56 bits per heavy atom. The fourth-order valence-corrected chi connectivity index (χ4v) is 2.97. The van der Waals surface area contributed by atoms with Gasteiger partial charge in [-0.05, 0) is 56.2 Å². The third-order valence-electron chi connectivity index (χ3n) is 4.68. The molecule has 1 fully saturated rings. The highest BCUT2D eigenvalue weighted by atomic mass is 16.2. The van der Waals surface area contributed by atoms with Gasteiger partial charge in [-0.3, -0.25) is 9.59 Å². The van der Waals surface area contributed by atoms with E-state index < -0.39 is 17.8 Å². The monoisotopic (exact) mass is 366 g/mol. The van der Waals surface area contributed by atoms with Crippen LogP contribution < -0.4 is 10.6 Å². The highest BCUT2D eigenvalue weighted by Crippen LogP contribution is 2.19. The number of rotatable bonds is 4. The number of nitrogens with zero attached hydrogens (tertiary/aromatic N) is 2. The number of carbonyl (C=O) groups excluding carboxylic acids is 3. The van der Waals surface area contributed by atoms with Crippen LogP contribution >= 0.6 is 0 Å². The number of urea groups is 1. The Balaban J connectivity index is 1.73. The van der Waals surface area contributed by atoms with E-state index in [0.717, 1.165) is 27.4 Å². The maximum Gasteiger partial charge on any atom is 0.329 e. The summed E-state index contributed by atoms with van der Waals surface area (Å²) < 4.78 is 2.00. The topological polar surface area (TPSA) is 83.4 Å². The molecule has 1 aliphatic rings. The summed E-state index contributed by atoms with van der Waals surface area (Å²) in [4.78, 5) is 37.8. The van der Waals surface area contributed by atoms with Crippen LogP contribution in [0.3, 0.4) is 0 Å². The molecule has 0 saturated carbocycles. The van der Waals surface area contributed by atoms with Gasteiger partial charge in [-0.25, -0.2) is 9.69 Å². The Labute approximate surface area is 157 Å². The molecular formula is C20H22N4O3. The fourth-order valence-electron chi connectivity index (χ4n) is 2.97. The summed E-state index contributed by atoms with van der Waals surface area (Å²) >= 11 is 0. The molecule has 1 saturated heterocycles. The molecule has 0 bridgehead atoms. The number of hydrogen-bond donors (Lipinski definition) is 2. The molecule has 3 rings (SSSR count). The maximum absolute atomic E-state index is 12.6. The van der Waals surface area contributed by atoms with Crippen molar-refractivity contribution in [2.75, 3.05) is 11.9 Å². The molecule has 0 spiro atoms. The second-order valence-electron chi connectivity index (χ2n) is 6.68. The SMILES string of the molecule is Cc1cccc(NC(=O)CN2C(=O)N/C(=C/c3cc(C)n(C)c3C)C2=O)c1. The molecule has 140 valence electrons. The van der Waals surface area contributed by atoms with Gasteiger partial charge in [0.1, 0.15) is 12.2 Å². The van der Waals surface area contributed by atoms with Crippen molar-refractivity contribution in [3.05, 3.63) is 58.5 Å². The molecule has 27 heavy (non-hydrogen) atoms. The minimum atomic E-state index is -0.601. The lowest BCUT2D eigenvalue weighted by Crippen LogP contribution is -2.38. The number of benzene rings is 1. The number of nitrogens with one attached hydrogen (secondary N) is 2. The van der Waals surface area contributed by atoms with Crippen LogP contribution in [-0.2, 0) is 16.6 Å². The molecule has 4 amide bonds. The van der Waals surface area contributed by atoms with Crippen LogP contribution in [0.2, 0.25) is 0 Å². The van der Waals surface area contributed by atoms with Crippen molar-refractivity contribution in [1.29, 1.82) is 0 Å². The zero-order valence-corrected chi connectivity index (χ0v) is 15.8. The normalized spacial score (nSPS) is 15.4. The largest absolute Gasteiger partial charge is 0.352 e. The summed E-state index contributed by atoms with van der Waals surface area (Å²) in [5.41, 5.74) is 4.67. The van der Waals surface area contributed by atoms with Crippen molar-refractivity contribution in [2.45, 2.75) is 20.8 Å². The molecule has 1 aliphatic heterocycles. The van der Waals surface area contributed by atoms with Gasteiger partial charge in [0, 0.05) is 24.1 Å². The second kappa shape index (κ2) is 7.11. The number of aryl methyl sites for hydroxylation is 2. The van der Waals surface area contributed by atoms with Gasteiger partial charge in [0.15, 0.2) is 0 Å². The van der Waals surface area contributed by atoms with Crippen molar-refractivity contribution in [1.82, 2.24) is 14.8 Å². The third kappa shape index (κ3) is 3.76. The molecular weight excluding hydrogens is 344 g/mol. The second-order valence-corrected chi connectivity index (χ2v) is 6.68. The standard InChI is InChI=1S/C20H22N4O3/c1-12-6-5-7-16(8-12)21-18(25)11-24-19(26)17(22-20(24)27)10-15-9-13(2)23(4)14(15)3/h5-10H,11H2,1-4H3,(H,21,25)(H,22,27)/b17-10+. The van der Waals surface area contributed by atoms with Crippen molar-refractivity contribution in [3.63, 3.8) is 0 Å². The van der Waals surface area contributed by atoms with E-state index in [1.807, 2.05) is 56.7 Å². The first-order chi connectivity index (χ1) is 12.8. The summed E-state index contributed by atoms with van der Waals surface area (Å²) in [5.74, 6) is -0.947. The van der Waals surface area contributed by atoms with Gasteiger partial charge in [-0.1, -0.05) is 12.1 Å². The number of aromatic nitrogens is 1. The van der Waals surface area contributed by atoms with Gasteiger partial charge in [-0.15, -0.1) is 0 Å². The summed E-state index contributed by atoms with van der Waals surface area (Å²) in [6.07, 6.45) is 1.64. The van der Waals surface area contributed by atoms with Gasteiger partial charge >= 0.3 is 6.03 Å². The van der Waals surface area contributed by atoms with Gasteiger partial charge in [0.05, 0.1) is 0 Å². The van der Waals surface area contributed by atoms with Crippen LogP contribution in [0.15, 0.2) is 36.0 Å². The summed E-state index contributed by atoms with van der Waals surface area (Å²) in [5, 5.41) is 5.25. The molecule has 2 aromatic rings. The predicted octanol–water partition coefficient (Wildman–Crippen LogP) is 2.48. The summed E-state index contributed by atoms with van der Waals surface area (Å²) in [6.45, 7) is 5.47. The number of imide groups is 1. The van der Waals surface area contributed by atoms with Crippen LogP contribution in [-0.4, -0.2) is 33.9 Å². The van der Waals surface area contributed by atoms with Gasteiger partial charge < -0.3 is 15.2 Å². The molecule has 1 aromatic carbocycles. The zero-order chi connectivity index (χ0) is 19.7. The van der Waals surface area contributed by atoms with E-state index in [1.54, 1.807) is 12.1 Å². The first-order valence-corrected chi connectivity index (χ1v) is 8.60. The lowest BCUT2D eigenvalue weighted by molar-refractivity contribution is -0.127. The first kappa shape index (κ1) is 18.4. The lowest BCUT2D eigenvalue weighted by Gasteiger charge is -2.12. The molecule has 0 aliphatic carbocycles. The van der Waals surface area contributed by atoms with Crippen LogP contribution in [0.1, 0.15) is 22.5 Å². The van der Waals surface area contributed by atoms with E-state index in [0.29, 0.717) is 5.69 Å². The number of anilines is 1. The Hall–Kier alpha value is -3.35. The first-order valence-electron chi connectivity index (χ1n) is 8.60. The van der Waals surface area contributed by atoms with Crippen molar-refractivity contribution in [2.24, 2.45) is 7.05 Å². The Bertz CT molecular complexity index is 972. The fraction of sp³-hybridized carbons (Fsp3) is 0.250. The minimum Gasteiger partial charge on any atom is -0.352 e. The van der Waals surface area contributed by atoms with E-state index in [2.05, 4.69) is 10.6 Å². The molecule has 7 heteroatoms. The third-order valence-corrected chi connectivity index (χ3v) is 4.68. The van der Waals surface area contributed by atoms with Crippen molar-refractivity contribution < 1.29 is 14.4 Å². The van der Waals surface area contributed by atoms with Crippen LogP contribution in [0.5, 0.6) is 0 Å². The van der Waals surface area contributed by atoms with Crippen LogP contribution in [0.4, 0.5) is 10.5 Å². The predicted molar refractivity (Wildman–Crippen MR) is 103 cm³/mol. The van der Waals surface area contributed by atoms with Crippen molar-refractivity contribution in [3.8, 4) is 0 Å². The number of carbonyl (C=O) groups is 3. The van der Waals surface area contributed by atoms with Gasteiger partial charge in [0.25, 0.3) is 5.91 Å². The quantitative estimate of drug-likeness (QED) is 0.644. The molecule has 0 radical (unpaired) electrons. The van der Waals surface area contributed by atoms with E-state index in [9.17, 15) is 14.4 Å². The number of amides is 4. The molecule has 0 unspecified atom stereocenters. The Kier molecular flexibility index (Phi) is 4.85. The summed E-state index contributed by atoms with van der Waals surface area (Å²) in [6, 6.07) is 8.64. The molecule has 1 aromatic heterocycles. The lowest BCUT2D eigenvalue weighted by atomic mass is 10.2. The highest BCUT2D eigenvalue weighted by molar-refractivity contribution is 6.16. The average Bonchev–Trinajstić information content (AvgIpc) is 3.00. The van der Waals surface area contributed by atoms with Crippen molar-refractivity contribution >= 4 is 29.6 Å². The van der Waals surface area contributed by atoms with Crippen LogP contribution in [0.25, 0.3) is 6.08 Å². The van der Waals surface area contributed by atoms with E-state index in [1.165, 1.54) is 0 Å². The zero-order valence-electron chi connectivity index (χ0n) is 15.8. The summed E-state index contributed by atoms with van der Waals surface area (Å²) in [7, 11) is 1.93.